The topological polar surface area (TPSA) is 207 Å². The molecule has 3 heterocycles. The number of ether oxygens (including phenoxy) is 2. The van der Waals surface area contributed by atoms with E-state index in [1.165, 1.54) is 14.0 Å². The summed E-state index contributed by atoms with van der Waals surface area (Å²) >= 11 is 0. The van der Waals surface area contributed by atoms with Gasteiger partial charge in [-0.2, -0.15) is 13.2 Å². The molecule has 2 aliphatic heterocycles. The predicted octanol–water partition coefficient (Wildman–Crippen LogP) is 3.58. The van der Waals surface area contributed by atoms with Gasteiger partial charge in [0.1, 0.15) is 29.3 Å². The molecular formula is C39H51F3N6O10S. The van der Waals surface area contributed by atoms with E-state index in [-0.39, 0.29) is 54.5 Å². The van der Waals surface area contributed by atoms with Crippen molar-refractivity contribution in [3.05, 3.63) is 46.8 Å². The Hall–Kier alpha value is -4.72. The molecule has 7 atom stereocenters. The van der Waals surface area contributed by atoms with E-state index in [1.807, 2.05) is 6.92 Å². The number of nitrogens with one attached hydrogen (secondary N) is 2. The van der Waals surface area contributed by atoms with Gasteiger partial charge in [-0.15, -0.1) is 5.10 Å². The van der Waals surface area contributed by atoms with Crippen LogP contribution >= 0.6 is 0 Å². The van der Waals surface area contributed by atoms with Gasteiger partial charge in [0.25, 0.3) is 11.5 Å². The Bertz CT molecular complexity index is 2180. The molecule has 2 saturated carbocycles. The molecule has 0 bridgehead atoms. The molecule has 59 heavy (non-hydrogen) atoms. The van der Waals surface area contributed by atoms with Crippen molar-refractivity contribution >= 4 is 44.6 Å². The minimum atomic E-state index is -5.12. The Balaban J connectivity index is 1.44. The van der Waals surface area contributed by atoms with E-state index in [9.17, 15) is 45.9 Å². The second-order valence-electron chi connectivity index (χ2n) is 16.8. The minimum absolute atomic E-state index is 0.0303. The summed E-state index contributed by atoms with van der Waals surface area (Å²) in [5, 5.41) is 17.4. The van der Waals surface area contributed by atoms with Crippen LogP contribution in [0.5, 0.6) is 5.88 Å². The van der Waals surface area contributed by atoms with Crippen LogP contribution in [0.3, 0.4) is 0 Å². The average Bonchev–Trinajstić information content (AvgIpc) is 4.08. The fourth-order valence-corrected chi connectivity index (χ4v) is 9.63. The maximum absolute atomic E-state index is 15.0. The first-order valence-electron chi connectivity index (χ1n) is 19.7. The molecule has 2 aromatic rings. The SMILES string of the molecule is COCCn1nc(O[C@@H]2C[C@H]3C(=O)N[C@]4(C(=O)NS(=O)(=O)C5CC5)C[C@H]4/C=C\CC[C@@H](C)C[C@@H](C)[C@H](N(C(=O)O)C(C)(C)C(F)(F)F)C(=O)N3C2)c2ccccc2c1=O. The molecule has 1 aromatic carbocycles. The summed E-state index contributed by atoms with van der Waals surface area (Å²) in [7, 11) is -2.60. The molecule has 0 radical (unpaired) electrons. The zero-order valence-corrected chi connectivity index (χ0v) is 34.3. The molecule has 1 saturated heterocycles. The fraction of sp³-hybridized carbons (Fsp3) is 0.641. The third-order valence-electron chi connectivity index (χ3n) is 12.0. The van der Waals surface area contributed by atoms with Crippen molar-refractivity contribution in [1.82, 2.24) is 29.6 Å². The van der Waals surface area contributed by atoms with Crippen LogP contribution < -0.4 is 20.3 Å². The molecule has 0 spiro atoms. The number of carbonyl (C=O) groups is 4. The number of halogens is 3. The quantitative estimate of drug-likeness (QED) is 0.295. The highest BCUT2D eigenvalue weighted by Gasteiger charge is 2.63. The van der Waals surface area contributed by atoms with Crippen LogP contribution in [0.15, 0.2) is 41.2 Å². The zero-order valence-electron chi connectivity index (χ0n) is 33.5. The first-order valence-corrected chi connectivity index (χ1v) is 21.3. The van der Waals surface area contributed by atoms with Crippen LogP contribution in [0.4, 0.5) is 18.0 Å². The van der Waals surface area contributed by atoms with Crippen LogP contribution in [-0.2, 0) is 35.7 Å². The number of nitrogens with zero attached hydrogens (tertiary/aromatic N) is 4. The van der Waals surface area contributed by atoms with Gasteiger partial charge in [0, 0.05) is 19.4 Å². The number of hydrogen-bond acceptors (Lipinski definition) is 10. The number of fused-ring (bicyclic) bond motifs is 3. The molecule has 4 aliphatic rings. The third kappa shape index (κ3) is 8.79. The summed E-state index contributed by atoms with van der Waals surface area (Å²) in [4.78, 5) is 70.7. The minimum Gasteiger partial charge on any atom is -0.471 e. The van der Waals surface area contributed by atoms with Crippen molar-refractivity contribution in [3.8, 4) is 5.88 Å². The molecule has 324 valence electrons. The van der Waals surface area contributed by atoms with Crippen LogP contribution in [0.2, 0.25) is 0 Å². The molecule has 3 fully saturated rings. The van der Waals surface area contributed by atoms with Gasteiger partial charge in [-0.05, 0) is 76.3 Å². The summed E-state index contributed by atoms with van der Waals surface area (Å²) in [6.07, 6.45) is -3.14. The lowest BCUT2D eigenvalue weighted by molar-refractivity contribution is -0.222. The predicted molar refractivity (Wildman–Crippen MR) is 207 cm³/mol. The average molecular weight is 853 g/mol. The molecule has 16 nitrogen and oxygen atoms in total. The maximum atomic E-state index is 15.0. The first-order chi connectivity index (χ1) is 27.6. The van der Waals surface area contributed by atoms with E-state index in [1.54, 1.807) is 36.4 Å². The highest BCUT2D eigenvalue weighted by Crippen LogP contribution is 2.47. The zero-order chi connectivity index (χ0) is 43.2. The van der Waals surface area contributed by atoms with Crippen LogP contribution in [0.25, 0.3) is 10.8 Å². The van der Waals surface area contributed by atoms with Gasteiger partial charge in [-0.25, -0.2) is 17.9 Å². The van der Waals surface area contributed by atoms with Crippen LogP contribution in [-0.4, -0.2) is 118 Å². The second kappa shape index (κ2) is 16.4. The number of rotatable bonds is 10. The van der Waals surface area contributed by atoms with Gasteiger partial charge < -0.3 is 24.8 Å². The number of sulfonamides is 1. The van der Waals surface area contributed by atoms with E-state index >= 15 is 4.79 Å². The number of benzene rings is 1. The van der Waals surface area contributed by atoms with E-state index < -0.39 is 98.5 Å². The Morgan fingerprint density at radius 1 is 1.08 bits per heavy atom. The maximum Gasteiger partial charge on any atom is 0.411 e. The molecule has 20 heteroatoms. The highest BCUT2D eigenvalue weighted by atomic mass is 32.2. The van der Waals surface area contributed by atoms with Gasteiger partial charge in [0.05, 0.1) is 35.7 Å². The van der Waals surface area contributed by atoms with Crippen LogP contribution in [0.1, 0.15) is 72.6 Å². The fourth-order valence-electron chi connectivity index (χ4n) is 8.26. The molecule has 1 aromatic heterocycles. The lowest BCUT2D eigenvalue weighted by Crippen LogP contribution is -2.66. The van der Waals surface area contributed by atoms with Crippen molar-refractivity contribution in [2.45, 2.75) is 120 Å². The van der Waals surface area contributed by atoms with Gasteiger partial charge in [0.2, 0.25) is 27.7 Å². The lowest BCUT2D eigenvalue weighted by atomic mass is 9.85. The normalized spacial score (nSPS) is 28.7. The van der Waals surface area contributed by atoms with Crippen molar-refractivity contribution < 1.29 is 55.3 Å². The van der Waals surface area contributed by atoms with Gasteiger partial charge >= 0.3 is 12.3 Å². The number of alkyl halides is 3. The molecule has 4 amide bonds. The number of carboxylic acid groups (broad SMARTS) is 1. The number of hydrogen-bond donors (Lipinski definition) is 3. The molecular weight excluding hydrogens is 802 g/mol. The monoisotopic (exact) mass is 852 g/mol. The number of allylic oxidation sites excluding steroid dienone is 1. The van der Waals surface area contributed by atoms with Crippen molar-refractivity contribution in [2.24, 2.45) is 17.8 Å². The number of methoxy groups -OCH3 is 1. The molecule has 2 aliphatic carbocycles. The number of aromatic nitrogens is 2. The Morgan fingerprint density at radius 3 is 2.39 bits per heavy atom. The van der Waals surface area contributed by atoms with Gasteiger partial charge in [-0.3, -0.25) is 28.8 Å². The third-order valence-corrected chi connectivity index (χ3v) is 13.8. The number of amides is 4. The lowest BCUT2D eigenvalue weighted by Gasteiger charge is -2.45. The smallest absolute Gasteiger partial charge is 0.411 e. The van der Waals surface area contributed by atoms with E-state index in [4.69, 9.17) is 9.47 Å². The Morgan fingerprint density at radius 2 is 1.76 bits per heavy atom. The van der Waals surface area contributed by atoms with Gasteiger partial charge in [0.15, 0.2) is 0 Å². The summed E-state index contributed by atoms with van der Waals surface area (Å²) < 4.78 is 84.7. The van der Waals surface area contributed by atoms with Crippen LogP contribution in [0, 0.1) is 17.8 Å². The Labute approximate surface area is 339 Å². The van der Waals surface area contributed by atoms with E-state index in [0.29, 0.717) is 44.9 Å². The molecule has 0 unspecified atom stereocenters. The van der Waals surface area contributed by atoms with Crippen molar-refractivity contribution in [3.63, 3.8) is 0 Å². The van der Waals surface area contributed by atoms with Crippen molar-refractivity contribution in [1.29, 1.82) is 0 Å². The van der Waals surface area contributed by atoms with Gasteiger partial charge in [-0.1, -0.05) is 38.1 Å². The number of carbonyl (C=O) groups excluding carboxylic acids is 3. The van der Waals surface area contributed by atoms with E-state index in [2.05, 4.69) is 15.1 Å². The first kappa shape index (κ1) is 43.8. The van der Waals surface area contributed by atoms with E-state index in [0.717, 1.165) is 9.58 Å². The summed E-state index contributed by atoms with van der Waals surface area (Å²) in [6.45, 7) is 4.42. The Kier molecular flexibility index (Phi) is 12.2. The highest BCUT2D eigenvalue weighted by molar-refractivity contribution is 7.91. The summed E-state index contributed by atoms with van der Waals surface area (Å²) in [5.74, 6) is -4.84. The standard InChI is InChI=1S/C39H51F3N6O10S/c1-22-10-6-7-11-24-20-38(24,35(52)45-59(55,56)26-14-15-26)43-31(49)29-19-25(58-32-27-12-8-9-13-28(27)33(50)47(44-32)16-17-57-5)21-46(29)34(51)30(23(2)18-22)48(36(53)54)37(3,4)39(40,41)42/h7-9,11-13,22-26,29-30H,6,10,14-21H2,1-5H3,(H,43,49)(H,45,52)(H,53,54)/b11-7-/t22-,23-,24-,25-,29+,30+,38-/m1/s1. The molecule has 3 N–H and O–H groups in total. The largest absolute Gasteiger partial charge is 0.471 e. The second-order valence-corrected chi connectivity index (χ2v) is 18.7. The molecule has 6 rings (SSSR count). The van der Waals surface area contributed by atoms with Crippen molar-refractivity contribution in [2.75, 3.05) is 20.3 Å². The summed E-state index contributed by atoms with van der Waals surface area (Å²) in [5.41, 5.74) is -5.24. The summed E-state index contributed by atoms with van der Waals surface area (Å²) in [6, 6.07) is 2.98.